The molecule has 0 amide bonds. The van der Waals surface area contributed by atoms with E-state index in [4.69, 9.17) is 14.2 Å². The molecular weight excluding hydrogens is 926 g/mol. The zero-order valence-electron chi connectivity index (χ0n) is 33.9. The lowest BCUT2D eigenvalue weighted by Crippen LogP contribution is -2.58. The molecule has 0 spiro atoms. The number of phenols is 1. The fraction of sp³-hybridized carbons (Fsp3) is 0.261. The smallest absolute Gasteiger partial charge is 0.347 e. The van der Waals surface area contributed by atoms with Gasteiger partial charge >= 0.3 is 11.4 Å². The number of rotatable bonds is 9. The first-order valence-electron chi connectivity index (χ1n) is 19.8. The molecule has 1 saturated carbocycles. The Morgan fingerprint density at radius 1 is 0.839 bits per heavy atom. The standard InChI is InChI=1S/C46H39Br2N5O9/c1-50-33-23-35(61-3)34(60-2)22-31(33)49-30(43(50)57)16-17-51-44(58)52-18-15-26-32(53(52)45(51)59)21-29-41(55)27(24-11-7-5-8-12-24)20-37(54)46(29,25-13-9-6-10-14-25)38(26)28-19-36(62-4)42(56)40(48)39(28)47/h5-15,19-20,22-23,29,32,38,56H,16-18,21H2,1-4H3/t29-,32+,38+,46-/m0/s1. The number of methoxy groups -OCH3 is 3. The van der Waals surface area contributed by atoms with Crippen molar-refractivity contribution >= 4 is 60.0 Å². The maximum atomic E-state index is 15.4. The molecule has 9 rings (SSSR count). The van der Waals surface area contributed by atoms with Crippen LogP contribution in [0.1, 0.15) is 40.8 Å². The van der Waals surface area contributed by atoms with Crippen molar-refractivity contribution in [3.63, 3.8) is 0 Å². The number of hydrogen-bond donors (Lipinski definition) is 1. The number of ether oxygens (including phenoxy) is 3. The summed E-state index contributed by atoms with van der Waals surface area (Å²) in [6.45, 7) is -0.196. The van der Waals surface area contributed by atoms with Gasteiger partial charge in [-0.25, -0.2) is 28.5 Å². The molecule has 0 bridgehead atoms. The van der Waals surface area contributed by atoms with E-state index in [0.717, 1.165) is 4.57 Å². The molecule has 3 heterocycles. The van der Waals surface area contributed by atoms with Gasteiger partial charge in [-0.15, -0.1) is 0 Å². The highest BCUT2D eigenvalue weighted by Crippen LogP contribution is 2.63. The largest absolute Gasteiger partial charge is 0.503 e. The van der Waals surface area contributed by atoms with E-state index in [1.807, 2.05) is 42.5 Å². The average molecular weight is 966 g/mol. The van der Waals surface area contributed by atoms with Crippen molar-refractivity contribution in [2.24, 2.45) is 13.0 Å². The molecule has 2 aliphatic carbocycles. The fourth-order valence-electron chi connectivity index (χ4n) is 9.79. The Hall–Kier alpha value is -6.26. The van der Waals surface area contributed by atoms with Crippen molar-refractivity contribution in [3.8, 4) is 23.0 Å². The van der Waals surface area contributed by atoms with E-state index in [1.165, 1.54) is 41.3 Å². The highest BCUT2D eigenvalue weighted by Gasteiger charge is 2.63. The van der Waals surface area contributed by atoms with E-state index >= 15 is 9.59 Å². The Bertz CT molecular complexity index is 3110. The second-order valence-corrected chi connectivity index (χ2v) is 17.1. The maximum Gasteiger partial charge on any atom is 0.347 e. The van der Waals surface area contributed by atoms with Crippen LogP contribution in [0.2, 0.25) is 0 Å². The predicted molar refractivity (Wildman–Crippen MR) is 237 cm³/mol. The molecule has 0 saturated heterocycles. The number of Topliss-reactive ketones (excluding diaryl/α,β-unsaturated/α-hetero) is 1. The number of aromatic hydroxyl groups is 1. The van der Waals surface area contributed by atoms with Crippen molar-refractivity contribution in [1.82, 2.24) is 23.5 Å². The highest BCUT2D eigenvalue weighted by atomic mass is 79.9. The van der Waals surface area contributed by atoms with Gasteiger partial charge < -0.3 is 23.9 Å². The number of fused-ring (bicyclic) bond motifs is 5. The average Bonchev–Trinajstić information content (AvgIpc) is 3.54. The Kier molecular flexibility index (Phi) is 10.3. The van der Waals surface area contributed by atoms with Gasteiger partial charge in [-0.2, -0.15) is 0 Å². The molecule has 3 aliphatic rings. The molecular formula is C46H39Br2N5O9. The van der Waals surface area contributed by atoms with Gasteiger partial charge in [0, 0.05) is 54.0 Å². The zero-order chi connectivity index (χ0) is 43.8. The van der Waals surface area contributed by atoms with Crippen LogP contribution in [0.4, 0.5) is 0 Å². The summed E-state index contributed by atoms with van der Waals surface area (Å²) in [5, 5.41) is 11.1. The van der Waals surface area contributed by atoms with Crippen LogP contribution in [0.15, 0.2) is 120 Å². The minimum absolute atomic E-state index is 0.00140. The molecule has 316 valence electrons. The van der Waals surface area contributed by atoms with E-state index in [1.54, 1.807) is 49.5 Å². The lowest BCUT2D eigenvalue weighted by Gasteiger charge is -2.54. The van der Waals surface area contributed by atoms with Crippen molar-refractivity contribution in [3.05, 3.63) is 159 Å². The summed E-state index contributed by atoms with van der Waals surface area (Å²) in [4.78, 5) is 78.0. The second kappa shape index (κ2) is 15.6. The molecule has 4 aromatic carbocycles. The normalized spacial score (nSPS) is 20.5. The number of phenolic OH excluding ortho intramolecular Hbond substituents is 1. The molecule has 1 N–H and O–H groups in total. The molecule has 0 unspecified atom stereocenters. The molecule has 14 nitrogen and oxygen atoms in total. The number of allylic oxidation sites excluding steroid dienone is 4. The van der Waals surface area contributed by atoms with E-state index in [2.05, 4.69) is 36.8 Å². The summed E-state index contributed by atoms with van der Waals surface area (Å²) in [5.74, 6) is -1.75. The van der Waals surface area contributed by atoms with E-state index in [0.29, 0.717) is 49.3 Å². The molecule has 1 aliphatic heterocycles. The first-order chi connectivity index (χ1) is 29.9. The van der Waals surface area contributed by atoms with Crippen molar-refractivity contribution in [2.75, 3.05) is 21.3 Å². The second-order valence-electron chi connectivity index (χ2n) is 15.5. The Morgan fingerprint density at radius 3 is 2.18 bits per heavy atom. The summed E-state index contributed by atoms with van der Waals surface area (Å²) < 4.78 is 22.5. The zero-order valence-corrected chi connectivity index (χ0v) is 37.1. The number of carbonyl (C=O) groups excluding carboxylic acids is 2. The Balaban J connectivity index is 1.22. The molecule has 16 heteroatoms. The monoisotopic (exact) mass is 963 g/mol. The first kappa shape index (κ1) is 41.1. The Labute approximate surface area is 370 Å². The van der Waals surface area contributed by atoms with Crippen LogP contribution in [-0.2, 0) is 41.6 Å². The van der Waals surface area contributed by atoms with Gasteiger partial charge in [-0.3, -0.25) is 14.4 Å². The van der Waals surface area contributed by atoms with Gasteiger partial charge in [0.1, 0.15) is 5.69 Å². The number of ketones is 2. The van der Waals surface area contributed by atoms with Gasteiger partial charge in [0.2, 0.25) is 0 Å². The number of hydrogen-bond acceptors (Lipinski definition) is 10. The lowest BCUT2D eigenvalue weighted by molar-refractivity contribution is -0.133. The third kappa shape index (κ3) is 6.01. The third-order valence-electron chi connectivity index (χ3n) is 12.6. The summed E-state index contributed by atoms with van der Waals surface area (Å²) in [6.07, 6.45) is 3.25. The predicted octanol–water partition coefficient (Wildman–Crippen LogP) is 6.02. The number of carbonyl (C=O) groups is 2. The quantitative estimate of drug-likeness (QED) is 0.170. The van der Waals surface area contributed by atoms with E-state index < -0.39 is 40.2 Å². The minimum atomic E-state index is -1.54. The number of aromatic nitrogens is 5. The van der Waals surface area contributed by atoms with Crippen LogP contribution < -0.4 is 31.1 Å². The molecule has 4 atom stereocenters. The van der Waals surface area contributed by atoms with Gasteiger partial charge in [0.25, 0.3) is 5.56 Å². The summed E-state index contributed by atoms with van der Waals surface area (Å²) >= 11 is 7.24. The summed E-state index contributed by atoms with van der Waals surface area (Å²) in [7, 11) is 6.02. The Morgan fingerprint density at radius 2 is 1.50 bits per heavy atom. The number of nitrogens with zero attached hydrogens (tertiary/aromatic N) is 5. The van der Waals surface area contributed by atoms with Crippen LogP contribution in [0.3, 0.4) is 0 Å². The number of benzene rings is 4. The van der Waals surface area contributed by atoms with Crippen LogP contribution in [0, 0.1) is 5.92 Å². The number of halogens is 2. The number of aryl methyl sites for hydroxylation is 2. The summed E-state index contributed by atoms with van der Waals surface area (Å²) in [6, 6.07) is 22.3. The SMILES string of the molecule is COc1cc2nc(CCn3c(=O)n4n(c3=O)[C@@H]3C[C@H]5C(=O)C(c6ccccc6)=CC(=O)[C@@]5(c5ccccc5)[C@@H](c5cc(OC)c(O)c(Br)c5Br)C3=CC4)c(=O)n(C)c2cc1OC. The van der Waals surface area contributed by atoms with E-state index in [-0.39, 0.29) is 64.7 Å². The van der Waals surface area contributed by atoms with Crippen molar-refractivity contribution in [1.29, 1.82) is 0 Å². The van der Waals surface area contributed by atoms with E-state index in [9.17, 15) is 19.5 Å². The van der Waals surface area contributed by atoms with Crippen molar-refractivity contribution < 1.29 is 28.9 Å². The van der Waals surface area contributed by atoms with Gasteiger partial charge in [-0.1, -0.05) is 66.7 Å². The van der Waals surface area contributed by atoms with Gasteiger partial charge in [0.15, 0.2) is 34.6 Å². The first-order valence-corrected chi connectivity index (χ1v) is 21.4. The molecule has 6 aromatic rings. The minimum Gasteiger partial charge on any atom is -0.503 e. The molecule has 2 aromatic heterocycles. The lowest BCUT2D eigenvalue weighted by atomic mass is 9.47. The molecule has 0 radical (unpaired) electrons. The molecule has 1 fully saturated rings. The molecule has 62 heavy (non-hydrogen) atoms. The highest BCUT2D eigenvalue weighted by molar-refractivity contribution is 9.13. The van der Waals surface area contributed by atoms with Crippen LogP contribution >= 0.6 is 31.9 Å². The van der Waals surface area contributed by atoms with Gasteiger partial charge in [0.05, 0.1) is 54.8 Å². The van der Waals surface area contributed by atoms with Gasteiger partial charge in [-0.05, 0) is 72.7 Å². The van der Waals surface area contributed by atoms with Crippen LogP contribution in [-0.4, -0.2) is 61.5 Å². The maximum absolute atomic E-state index is 15.4. The van der Waals surface area contributed by atoms with Crippen LogP contribution in [0.5, 0.6) is 23.0 Å². The fourth-order valence-corrected chi connectivity index (χ4v) is 10.7. The topological polar surface area (TPSA) is 166 Å². The van der Waals surface area contributed by atoms with Crippen molar-refractivity contribution in [2.45, 2.75) is 43.3 Å². The summed E-state index contributed by atoms with van der Waals surface area (Å²) in [5.41, 5.74) is 0.513. The van der Waals surface area contributed by atoms with Crippen LogP contribution in [0.25, 0.3) is 16.6 Å². The third-order valence-corrected chi connectivity index (χ3v) is 14.8.